The van der Waals surface area contributed by atoms with E-state index in [1.54, 1.807) is 0 Å². The van der Waals surface area contributed by atoms with Crippen LogP contribution in [0.3, 0.4) is 0 Å². The van der Waals surface area contributed by atoms with Gasteiger partial charge in [-0.05, 0) is 32.4 Å². The maximum Gasteiger partial charge on any atom is 0.105 e. The molecule has 0 heterocycles. The number of nitrogens with one attached hydrogen (secondary N) is 1. The summed E-state index contributed by atoms with van der Waals surface area (Å²) in [4.78, 5) is 0. The van der Waals surface area contributed by atoms with Gasteiger partial charge < -0.3 is 4.74 Å². The van der Waals surface area contributed by atoms with E-state index in [9.17, 15) is 0 Å². The van der Waals surface area contributed by atoms with Crippen LogP contribution in [0.15, 0.2) is 0 Å². The molecule has 0 bridgehead atoms. The predicted molar refractivity (Wildman–Crippen MR) is 66.5 cm³/mol. The molecule has 0 saturated heterocycles. The van der Waals surface area contributed by atoms with Crippen molar-refractivity contribution in [2.45, 2.75) is 58.6 Å². The van der Waals surface area contributed by atoms with Gasteiger partial charge in [0, 0.05) is 14.7 Å². The van der Waals surface area contributed by atoms with Crippen molar-refractivity contribution in [2.75, 3.05) is 13.2 Å². The third-order valence-electron chi connectivity index (χ3n) is 2.90. The Balaban J connectivity index is 3.54. The molecule has 0 aliphatic rings. The van der Waals surface area contributed by atoms with E-state index in [1.165, 1.54) is 6.42 Å². The van der Waals surface area contributed by atoms with Crippen molar-refractivity contribution in [1.29, 1.82) is 0 Å². The van der Waals surface area contributed by atoms with Gasteiger partial charge in [-0.15, -0.1) is 0 Å². The first-order valence-corrected chi connectivity index (χ1v) is 9.30. The summed E-state index contributed by atoms with van der Waals surface area (Å²) in [5.74, 6) is 0. The molecule has 2 nitrogen and oxygen atoms in total. The van der Waals surface area contributed by atoms with Crippen LogP contribution < -0.4 is 5.32 Å². The minimum atomic E-state index is -0.932. The van der Waals surface area contributed by atoms with Crippen LogP contribution in [0, 0.1) is 0 Å². The Morgan fingerprint density at radius 2 is 1.79 bits per heavy atom. The first kappa shape index (κ1) is 14.1. The van der Waals surface area contributed by atoms with Crippen molar-refractivity contribution in [3.8, 4) is 0 Å². The molecule has 0 aromatic rings. The molecule has 3 heteroatoms. The molecular formula is C11H27NOSi. The molecule has 0 unspecified atom stereocenters. The van der Waals surface area contributed by atoms with Crippen LogP contribution in [0.1, 0.15) is 27.2 Å². The SMILES string of the molecule is CCO[C@H](C)NCC[C@H](C)[Si](C)(C)C. The summed E-state index contributed by atoms with van der Waals surface area (Å²) in [6.45, 7) is 15.6. The summed E-state index contributed by atoms with van der Waals surface area (Å²) in [5.41, 5.74) is 0.879. The van der Waals surface area contributed by atoms with E-state index in [4.69, 9.17) is 4.74 Å². The van der Waals surface area contributed by atoms with Crippen molar-refractivity contribution in [3.63, 3.8) is 0 Å². The van der Waals surface area contributed by atoms with Crippen molar-refractivity contribution >= 4 is 8.07 Å². The lowest BCUT2D eigenvalue weighted by molar-refractivity contribution is 0.0519. The van der Waals surface area contributed by atoms with Gasteiger partial charge in [-0.2, -0.15) is 0 Å². The summed E-state index contributed by atoms with van der Waals surface area (Å²) in [6, 6.07) is 0. The van der Waals surface area contributed by atoms with Crippen molar-refractivity contribution in [3.05, 3.63) is 0 Å². The zero-order valence-electron chi connectivity index (χ0n) is 10.7. The molecule has 2 atom stereocenters. The average molecular weight is 217 g/mol. The fraction of sp³-hybridized carbons (Fsp3) is 1.00. The van der Waals surface area contributed by atoms with Gasteiger partial charge in [-0.25, -0.2) is 0 Å². The Bertz CT molecular complexity index is 145. The van der Waals surface area contributed by atoms with Gasteiger partial charge in [-0.1, -0.05) is 26.6 Å². The van der Waals surface area contributed by atoms with Gasteiger partial charge in [0.2, 0.25) is 0 Å². The lowest BCUT2D eigenvalue weighted by atomic mass is 10.3. The maximum atomic E-state index is 5.41. The summed E-state index contributed by atoms with van der Waals surface area (Å²) >= 11 is 0. The Morgan fingerprint density at radius 1 is 1.21 bits per heavy atom. The second-order valence-electron chi connectivity index (χ2n) is 5.11. The molecule has 0 aromatic heterocycles. The molecule has 0 fully saturated rings. The second-order valence-corrected chi connectivity index (χ2v) is 10.8. The van der Waals surface area contributed by atoms with Crippen LogP contribution in [-0.2, 0) is 4.74 Å². The Labute approximate surface area is 90.4 Å². The van der Waals surface area contributed by atoms with Crippen molar-refractivity contribution in [1.82, 2.24) is 5.32 Å². The molecule has 0 spiro atoms. The highest BCUT2D eigenvalue weighted by Crippen LogP contribution is 2.23. The molecule has 0 rings (SSSR count). The van der Waals surface area contributed by atoms with E-state index in [1.807, 2.05) is 6.92 Å². The van der Waals surface area contributed by atoms with E-state index < -0.39 is 8.07 Å². The van der Waals surface area contributed by atoms with Gasteiger partial charge in [0.25, 0.3) is 0 Å². The predicted octanol–water partition coefficient (Wildman–Crippen LogP) is 3.08. The average Bonchev–Trinajstić information content (AvgIpc) is 2.02. The Kier molecular flexibility index (Phi) is 6.65. The monoisotopic (exact) mass is 217 g/mol. The quantitative estimate of drug-likeness (QED) is 0.523. The van der Waals surface area contributed by atoms with Crippen LogP contribution in [0.2, 0.25) is 25.2 Å². The maximum absolute atomic E-state index is 5.41. The van der Waals surface area contributed by atoms with E-state index in [0.717, 1.165) is 18.7 Å². The summed E-state index contributed by atoms with van der Waals surface area (Å²) in [7, 11) is -0.932. The minimum absolute atomic E-state index is 0.203. The highest BCUT2D eigenvalue weighted by atomic mass is 28.3. The van der Waals surface area contributed by atoms with Gasteiger partial charge >= 0.3 is 0 Å². The molecule has 14 heavy (non-hydrogen) atoms. The summed E-state index contributed by atoms with van der Waals surface area (Å²) in [6.07, 6.45) is 1.47. The fourth-order valence-electron chi connectivity index (χ4n) is 1.25. The van der Waals surface area contributed by atoms with E-state index in [0.29, 0.717) is 0 Å². The topological polar surface area (TPSA) is 21.3 Å². The second kappa shape index (κ2) is 6.59. The van der Waals surface area contributed by atoms with E-state index in [-0.39, 0.29) is 6.23 Å². The van der Waals surface area contributed by atoms with Gasteiger partial charge in [-0.3, -0.25) is 5.32 Å². The zero-order valence-corrected chi connectivity index (χ0v) is 11.7. The molecule has 0 aromatic carbocycles. The molecule has 0 radical (unpaired) electrons. The molecule has 0 amide bonds. The van der Waals surface area contributed by atoms with Crippen LogP contribution in [0.5, 0.6) is 0 Å². The highest BCUT2D eigenvalue weighted by Gasteiger charge is 2.21. The fourth-order valence-corrected chi connectivity index (χ4v) is 2.26. The van der Waals surface area contributed by atoms with Gasteiger partial charge in [0.15, 0.2) is 0 Å². The van der Waals surface area contributed by atoms with Crippen LogP contribution in [0.25, 0.3) is 0 Å². The van der Waals surface area contributed by atoms with Crippen molar-refractivity contribution < 1.29 is 4.74 Å². The summed E-state index contributed by atoms with van der Waals surface area (Å²) < 4.78 is 5.41. The summed E-state index contributed by atoms with van der Waals surface area (Å²) in [5, 5.41) is 3.39. The number of hydrogen-bond acceptors (Lipinski definition) is 2. The molecular weight excluding hydrogens is 190 g/mol. The number of rotatable bonds is 7. The number of ether oxygens (including phenoxy) is 1. The minimum Gasteiger partial charge on any atom is -0.364 e. The number of hydrogen-bond donors (Lipinski definition) is 1. The first-order valence-electron chi connectivity index (χ1n) is 5.73. The molecule has 86 valence electrons. The smallest absolute Gasteiger partial charge is 0.105 e. The first-order chi connectivity index (χ1) is 6.38. The van der Waals surface area contributed by atoms with E-state index >= 15 is 0 Å². The van der Waals surface area contributed by atoms with Crippen LogP contribution >= 0.6 is 0 Å². The third-order valence-corrected chi connectivity index (χ3v) is 6.15. The van der Waals surface area contributed by atoms with Crippen molar-refractivity contribution in [2.24, 2.45) is 0 Å². The van der Waals surface area contributed by atoms with Gasteiger partial charge in [0.1, 0.15) is 6.23 Å². The largest absolute Gasteiger partial charge is 0.364 e. The Morgan fingerprint density at radius 3 is 2.21 bits per heavy atom. The molecule has 0 saturated carbocycles. The lowest BCUT2D eigenvalue weighted by Crippen LogP contribution is -2.33. The zero-order chi connectivity index (χ0) is 11.2. The molecule has 1 N–H and O–H groups in total. The highest BCUT2D eigenvalue weighted by molar-refractivity contribution is 6.77. The normalized spacial score (nSPS) is 16.7. The third kappa shape index (κ3) is 6.57. The van der Waals surface area contributed by atoms with Gasteiger partial charge in [0.05, 0.1) is 0 Å². The molecule has 0 aliphatic heterocycles. The van der Waals surface area contributed by atoms with Crippen LogP contribution in [0.4, 0.5) is 0 Å². The van der Waals surface area contributed by atoms with E-state index in [2.05, 4.69) is 38.8 Å². The Hall–Kier alpha value is 0.137. The lowest BCUT2D eigenvalue weighted by Gasteiger charge is -2.25. The standard InChI is InChI=1S/C11H27NOSi/c1-7-13-11(3)12-9-8-10(2)14(4,5)6/h10-12H,7-9H2,1-6H3/t10-,11+/m0/s1. The molecule has 0 aliphatic carbocycles. The van der Waals surface area contributed by atoms with Crippen LogP contribution in [-0.4, -0.2) is 27.5 Å².